The van der Waals surface area contributed by atoms with E-state index in [9.17, 15) is 0 Å². The van der Waals surface area contributed by atoms with Gasteiger partial charge in [-0.1, -0.05) is 74.9 Å². The molecule has 10 heteroatoms. The second-order valence-electron chi connectivity index (χ2n) is 12.9. The fourth-order valence-corrected chi connectivity index (χ4v) is 21.3. The van der Waals surface area contributed by atoms with Crippen molar-refractivity contribution < 1.29 is 8.83 Å². The molecule has 0 aliphatic carbocycles. The lowest BCUT2D eigenvalue weighted by Crippen LogP contribution is -2.71. The first-order valence-corrected chi connectivity index (χ1v) is 27.2. The van der Waals surface area contributed by atoms with E-state index in [1.54, 1.807) is 0 Å². The second-order valence-corrected chi connectivity index (χ2v) is 43.0. The van der Waals surface area contributed by atoms with E-state index in [0.29, 0.717) is 0 Å². The number of furan rings is 2. The van der Waals surface area contributed by atoms with E-state index in [1.165, 1.54) is 10.4 Å². The average molecular weight is 569 g/mol. The van der Waals surface area contributed by atoms with Crippen LogP contribution >= 0.6 is 0 Å². The van der Waals surface area contributed by atoms with Gasteiger partial charge in [-0.25, -0.2) is 19.9 Å². The highest BCUT2D eigenvalue weighted by atomic mass is 29.3. The van der Waals surface area contributed by atoms with Crippen LogP contribution in [0.3, 0.4) is 0 Å². The van der Waals surface area contributed by atoms with Crippen LogP contribution in [0.1, 0.15) is 0 Å². The molecule has 0 saturated carbocycles. The van der Waals surface area contributed by atoms with E-state index in [0.717, 1.165) is 55.0 Å². The predicted octanol–water partition coefficient (Wildman–Crippen LogP) is 4.60. The Morgan fingerprint density at radius 1 is 0.500 bits per heavy atom. The molecule has 0 atom stereocenters. The molecule has 1 aliphatic rings. The monoisotopic (exact) mass is 568 g/mol. The summed E-state index contributed by atoms with van der Waals surface area (Å²) in [6.45, 7) is 19.6. The third-order valence-corrected chi connectivity index (χ3v) is 44.4. The Hall–Kier alpha value is -2.93. The number of rotatable bonds is 0. The van der Waals surface area contributed by atoms with E-state index in [2.05, 4.69) is 88.8 Å². The lowest BCUT2D eigenvalue weighted by Gasteiger charge is -2.39. The summed E-state index contributed by atoms with van der Waals surface area (Å²) in [6, 6.07) is 13.6. The molecule has 7 rings (SSSR count). The zero-order valence-electron chi connectivity index (χ0n) is 23.2. The normalized spacial score (nSPS) is 19.4. The molecular weight excluding hydrogens is 537 g/mol. The van der Waals surface area contributed by atoms with Crippen LogP contribution in [0.5, 0.6) is 0 Å². The number of fused-ring (bicyclic) bond motifs is 4. The third kappa shape index (κ3) is 2.97. The summed E-state index contributed by atoms with van der Waals surface area (Å²) < 4.78 is 12.5. The van der Waals surface area contributed by atoms with Crippen LogP contribution in [-0.2, 0) is 0 Å². The molecular formula is C28H32N4O2Si4. The van der Waals surface area contributed by atoms with E-state index in [4.69, 9.17) is 28.8 Å². The number of benzene rings is 2. The van der Waals surface area contributed by atoms with Crippen molar-refractivity contribution in [3.8, 4) is 0 Å². The maximum atomic E-state index is 6.24. The molecule has 8 bridgehead atoms. The summed E-state index contributed by atoms with van der Waals surface area (Å²) in [6.07, 6.45) is 3.77. The Morgan fingerprint density at radius 3 is 1.29 bits per heavy atom. The van der Waals surface area contributed by atoms with E-state index in [1.807, 2.05) is 12.4 Å². The Bertz CT molecular complexity index is 1680. The van der Waals surface area contributed by atoms with E-state index < -0.39 is 30.4 Å². The molecule has 5 heterocycles. The van der Waals surface area contributed by atoms with Gasteiger partial charge < -0.3 is 8.83 Å². The van der Waals surface area contributed by atoms with Gasteiger partial charge in [0.25, 0.3) is 0 Å². The predicted molar refractivity (Wildman–Crippen MR) is 167 cm³/mol. The molecule has 6 aromatic rings. The third-order valence-electron chi connectivity index (χ3n) is 10.1. The first-order valence-electron chi connectivity index (χ1n) is 13.2. The topological polar surface area (TPSA) is 77.8 Å². The summed E-state index contributed by atoms with van der Waals surface area (Å²) in [5, 5.41) is 5.11. The van der Waals surface area contributed by atoms with Gasteiger partial charge in [0, 0.05) is 10.8 Å². The maximum Gasteiger partial charge on any atom is 0.172 e. The largest absolute Gasteiger partial charge is 0.453 e. The van der Waals surface area contributed by atoms with Crippen molar-refractivity contribution in [3.63, 3.8) is 0 Å². The highest BCUT2D eigenvalue weighted by Crippen LogP contribution is 2.31. The van der Waals surface area contributed by atoms with Crippen LogP contribution in [0.25, 0.3) is 44.1 Å². The van der Waals surface area contributed by atoms with Crippen molar-refractivity contribution in [1.82, 2.24) is 19.9 Å². The van der Waals surface area contributed by atoms with Gasteiger partial charge in [0.15, 0.2) is 11.2 Å². The van der Waals surface area contributed by atoms with Crippen LogP contribution < -0.4 is 21.3 Å². The maximum absolute atomic E-state index is 6.24. The van der Waals surface area contributed by atoms with Gasteiger partial charge in [-0.15, -0.1) is 0 Å². The zero-order chi connectivity index (χ0) is 26.8. The number of aromatic nitrogens is 4. The summed E-state index contributed by atoms with van der Waals surface area (Å²) in [4.78, 5) is 20.3. The summed E-state index contributed by atoms with van der Waals surface area (Å²) in [5.41, 5.74) is 7.06. The average Bonchev–Trinajstić information content (AvgIpc) is 3.44. The quantitative estimate of drug-likeness (QED) is 0.249. The first-order chi connectivity index (χ1) is 17.8. The van der Waals surface area contributed by atoms with E-state index in [-0.39, 0.29) is 0 Å². The number of hydrogen-bond donors (Lipinski definition) is 0. The fourth-order valence-electron chi connectivity index (χ4n) is 5.78. The molecule has 0 fully saturated rings. The highest BCUT2D eigenvalue weighted by Gasteiger charge is 2.49. The molecule has 192 valence electrons. The van der Waals surface area contributed by atoms with Crippen molar-refractivity contribution in [2.45, 2.75) is 52.4 Å². The minimum Gasteiger partial charge on any atom is -0.453 e. The molecule has 0 saturated heterocycles. The molecule has 0 spiro atoms. The minimum absolute atomic E-state index is 0.758. The molecule has 2 aromatic carbocycles. The SMILES string of the molecule is C[Si]1(C)c2ccc3oc4cnc(nc4c3c2)[Si](C)(C)[Si](C)(C)c2ncc3oc4ccc(cc4c3n2)[Si]1(C)C. The smallest absolute Gasteiger partial charge is 0.172 e. The van der Waals surface area contributed by atoms with Crippen molar-refractivity contribution >= 4 is 95.8 Å². The van der Waals surface area contributed by atoms with Crippen LogP contribution in [-0.4, -0.2) is 50.3 Å². The van der Waals surface area contributed by atoms with Gasteiger partial charge in [-0.3, -0.25) is 0 Å². The molecule has 0 N–H and O–H groups in total. The summed E-state index contributed by atoms with van der Waals surface area (Å²) in [7, 11) is -8.21. The van der Waals surface area contributed by atoms with Crippen molar-refractivity contribution in [2.24, 2.45) is 0 Å². The van der Waals surface area contributed by atoms with Crippen LogP contribution in [0, 0.1) is 0 Å². The minimum atomic E-state index is -2.19. The van der Waals surface area contributed by atoms with Gasteiger partial charge in [-0.05, 0) is 24.3 Å². The van der Waals surface area contributed by atoms with Gasteiger partial charge in [-0.2, -0.15) is 0 Å². The van der Waals surface area contributed by atoms with Gasteiger partial charge in [0.1, 0.15) is 48.3 Å². The van der Waals surface area contributed by atoms with Crippen LogP contribution in [0.15, 0.2) is 57.6 Å². The van der Waals surface area contributed by atoms with Gasteiger partial charge in [0.05, 0.1) is 27.6 Å². The standard InChI is InChI=1S/C28H32N4O2Si4/c1-35(2)17-9-11-21-19(13-17)25-23(33-21)15-29-27(31-25)37(5,6)38(7,8)28-30-16-24-26(32-28)20-14-18(36(35,3)4)10-12-22(20)34-24/h9-16H,1-8H3. The molecule has 38 heavy (non-hydrogen) atoms. The molecule has 4 aromatic heterocycles. The molecule has 0 amide bonds. The van der Waals surface area contributed by atoms with Crippen molar-refractivity contribution in [3.05, 3.63) is 48.8 Å². The number of hydrogen-bond acceptors (Lipinski definition) is 6. The molecule has 6 nitrogen and oxygen atoms in total. The van der Waals surface area contributed by atoms with Crippen molar-refractivity contribution in [1.29, 1.82) is 0 Å². The molecule has 1 aliphatic heterocycles. The Labute approximate surface area is 225 Å². The van der Waals surface area contributed by atoms with E-state index >= 15 is 0 Å². The molecule has 0 radical (unpaired) electrons. The first kappa shape index (κ1) is 24.1. The Balaban J connectivity index is 1.63. The van der Waals surface area contributed by atoms with Gasteiger partial charge >= 0.3 is 0 Å². The van der Waals surface area contributed by atoms with Crippen molar-refractivity contribution in [2.75, 3.05) is 0 Å². The highest BCUT2D eigenvalue weighted by molar-refractivity contribution is 7.50. The summed E-state index contributed by atoms with van der Waals surface area (Å²) in [5.74, 6) is 0. The lowest BCUT2D eigenvalue weighted by molar-refractivity contribution is 0.666. The Morgan fingerprint density at radius 2 is 0.895 bits per heavy atom. The van der Waals surface area contributed by atoms with Crippen LogP contribution in [0.4, 0.5) is 0 Å². The summed E-state index contributed by atoms with van der Waals surface area (Å²) >= 11 is 0. The Kier molecular flexibility index (Phi) is 4.68. The lowest BCUT2D eigenvalue weighted by atomic mass is 10.2. The molecule has 0 unspecified atom stereocenters. The van der Waals surface area contributed by atoms with Gasteiger partial charge in [0.2, 0.25) is 0 Å². The van der Waals surface area contributed by atoms with Crippen LogP contribution in [0.2, 0.25) is 52.4 Å². The fraction of sp³-hybridized carbons (Fsp3) is 0.286. The number of nitrogens with zero attached hydrogens (tertiary/aromatic N) is 4. The zero-order valence-corrected chi connectivity index (χ0v) is 27.2. The second kappa shape index (κ2) is 7.38.